The number of ketones is 3. The molecule has 0 aliphatic heterocycles. The Labute approximate surface area is 120 Å². The highest BCUT2D eigenvalue weighted by atomic mass is 16.1. The first-order chi connectivity index (χ1) is 9.20. The molecule has 108 valence electrons. The van der Waals surface area contributed by atoms with Gasteiger partial charge in [-0.05, 0) is 18.2 Å². The maximum atomic E-state index is 12.4. The van der Waals surface area contributed by atoms with Gasteiger partial charge in [0.05, 0.1) is 0 Å². The molecule has 0 saturated carbocycles. The van der Waals surface area contributed by atoms with E-state index < -0.39 is 5.41 Å². The molecule has 0 aliphatic rings. The molecule has 1 aromatic rings. The molecule has 0 heterocycles. The summed E-state index contributed by atoms with van der Waals surface area (Å²) in [5.74, 6) is -0.175. The highest BCUT2D eigenvalue weighted by Gasteiger charge is 2.24. The summed E-state index contributed by atoms with van der Waals surface area (Å²) in [7, 11) is 0. The Morgan fingerprint density at radius 1 is 0.800 bits per heavy atom. The van der Waals surface area contributed by atoms with Crippen molar-refractivity contribution in [3.05, 3.63) is 34.9 Å². The highest BCUT2D eigenvalue weighted by Crippen LogP contribution is 2.23. The first-order valence-corrected chi connectivity index (χ1v) is 6.97. The summed E-state index contributed by atoms with van der Waals surface area (Å²) in [5.41, 5.74) is 0.785. The Morgan fingerprint density at radius 2 is 1.15 bits per heavy atom. The Hall–Kier alpha value is -1.77. The molecule has 1 rings (SSSR count). The van der Waals surface area contributed by atoms with Crippen molar-refractivity contribution >= 4 is 17.3 Å². The monoisotopic (exact) mass is 274 g/mol. The van der Waals surface area contributed by atoms with Gasteiger partial charge in [-0.1, -0.05) is 34.6 Å². The SMILES string of the molecule is CCC(=O)c1cc(C(=O)CC)cc(C(=O)C(C)(C)C)c1. The van der Waals surface area contributed by atoms with Gasteiger partial charge in [-0.15, -0.1) is 0 Å². The minimum atomic E-state index is -0.541. The molecule has 20 heavy (non-hydrogen) atoms. The zero-order chi connectivity index (χ0) is 15.5. The second-order valence-corrected chi connectivity index (χ2v) is 5.93. The molecule has 0 spiro atoms. The van der Waals surface area contributed by atoms with Gasteiger partial charge in [0.2, 0.25) is 0 Å². The van der Waals surface area contributed by atoms with E-state index in [1.54, 1.807) is 32.0 Å². The average Bonchev–Trinajstić information content (AvgIpc) is 2.43. The van der Waals surface area contributed by atoms with E-state index in [2.05, 4.69) is 0 Å². The van der Waals surface area contributed by atoms with Crippen LogP contribution in [0.5, 0.6) is 0 Å². The molecule has 0 atom stereocenters. The van der Waals surface area contributed by atoms with E-state index in [4.69, 9.17) is 0 Å². The lowest BCUT2D eigenvalue weighted by Gasteiger charge is -2.17. The van der Waals surface area contributed by atoms with Crippen LogP contribution in [0.25, 0.3) is 0 Å². The van der Waals surface area contributed by atoms with Crippen LogP contribution >= 0.6 is 0 Å². The van der Waals surface area contributed by atoms with Gasteiger partial charge in [0.15, 0.2) is 17.3 Å². The van der Waals surface area contributed by atoms with Crippen LogP contribution in [0, 0.1) is 5.41 Å². The van der Waals surface area contributed by atoms with Crippen molar-refractivity contribution in [3.63, 3.8) is 0 Å². The summed E-state index contributed by atoms with van der Waals surface area (Å²) in [6.07, 6.45) is 0.708. The number of Topliss-reactive ketones (excluding diaryl/α,β-unsaturated/α-hetero) is 3. The fourth-order valence-corrected chi connectivity index (χ4v) is 1.92. The third-order valence-electron chi connectivity index (χ3n) is 3.16. The van der Waals surface area contributed by atoms with Gasteiger partial charge in [0.1, 0.15) is 0 Å². The summed E-state index contributed by atoms with van der Waals surface area (Å²) >= 11 is 0. The second-order valence-electron chi connectivity index (χ2n) is 5.93. The normalized spacial score (nSPS) is 11.2. The Kier molecular flexibility index (Phi) is 4.98. The van der Waals surface area contributed by atoms with Crippen LogP contribution in [0.15, 0.2) is 18.2 Å². The molecular formula is C17H22O3. The molecule has 0 bridgehead atoms. The predicted octanol–water partition coefficient (Wildman–Crippen LogP) is 4.10. The standard InChI is InChI=1S/C17H22O3/c1-6-14(18)11-8-12(15(19)7-2)10-13(9-11)16(20)17(3,4)5/h8-10H,6-7H2,1-5H3. The number of carbonyl (C=O) groups excluding carboxylic acids is 3. The predicted molar refractivity (Wildman–Crippen MR) is 79.5 cm³/mol. The van der Waals surface area contributed by atoms with Crippen molar-refractivity contribution in [2.75, 3.05) is 0 Å². The van der Waals surface area contributed by atoms with Gasteiger partial charge in [-0.2, -0.15) is 0 Å². The molecule has 0 fully saturated rings. The van der Waals surface area contributed by atoms with Gasteiger partial charge in [0.25, 0.3) is 0 Å². The van der Waals surface area contributed by atoms with Gasteiger partial charge >= 0.3 is 0 Å². The van der Waals surface area contributed by atoms with Gasteiger partial charge in [-0.25, -0.2) is 0 Å². The molecule has 3 heteroatoms. The number of benzene rings is 1. The van der Waals surface area contributed by atoms with Crippen LogP contribution in [0.4, 0.5) is 0 Å². The van der Waals surface area contributed by atoms with Crippen LogP contribution in [-0.4, -0.2) is 17.3 Å². The number of rotatable bonds is 5. The fraction of sp³-hybridized carbons (Fsp3) is 0.471. The maximum Gasteiger partial charge on any atom is 0.168 e. The Morgan fingerprint density at radius 3 is 1.45 bits per heavy atom. The summed E-state index contributed by atoms with van der Waals surface area (Å²) in [6, 6.07) is 4.80. The summed E-state index contributed by atoms with van der Waals surface area (Å²) in [4.78, 5) is 36.1. The third kappa shape index (κ3) is 3.62. The largest absolute Gasteiger partial charge is 0.294 e. The van der Waals surface area contributed by atoms with Crippen molar-refractivity contribution in [1.29, 1.82) is 0 Å². The van der Waals surface area contributed by atoms with Crippen LogP contribution in [0.3, 0.4) is 0 Å². The highest BCUT2D eigenvalue weighted by molar-refractivity contribution is 6.07. The van der Waals surface area contributed by atoms with E-state index in [-0.39, 0.29) is 17.3 Å². The lowest BCUT2D eigenvalue weighted by Crippen LogP contribution is -2.21. The lowest BCUT2D eigenvalue weighted by atomic mass is 9.84. The van der Waals surface area contributed by atoms with Gasteiger partial charge < -0.3 is 0 Å². The number of carbonyl (C=O) groups is 3. The van der Waals surface area contributed by atoms with Crippen LogP contribution in [-0.2, 0) is 0 Å². The molecular weight excluding hydrogens is 252 g/mol. The van der Waals surface area contributed by atoms with Crippen LogP contribution in [0.2, 0.25) is 0 Å². The summed E-state index contributed by atoms with van der Waals surface area (Å²) in [5, 5.41) is 0. The fourth-order valence-electron chi connectivity index (χ4n) is 1.92. The summed E-state index contributed by atoms with van der Waals surface area (Å²) in [6.45, 7) is 9.00. The first-order valence-electron chi connectivity index (χ1n) is 6.97. The van der Waals surface area contributed by atoms with Crippen LogP contribution in [0.1, 0.15) is 78.5 Å². The van der Waals surface area contributed by atoms with E-state index in [0.717, 1.165) is 0 Å². The first kappa shape index (κ1) is 16.3. The van der Waals surface area contributed by atoms with Crippen molar-refractivity contribution < 1.29 is 14.4 Å². The zero-order valence-corrected chi connectivity index (χ0v) is 12.9. The molecule has 0 aromatic heterocycles. The second kappa shape index (κ2) is 6.12. The van der Waals surface area contributed by atoms with E-state index in [0.29, 0.717) is 29.5 Å². The number of hydrogen-bond donors (Lipinski definition) is 0. The molecule has 3 nitrogen and oxygen atoms in total. The van der Waals surface area contributed by atoms with Crippen molar-refractivity contribution in [2.45, 2.75) is 47.5 Å². The molecule has 0 unspecified atom stereocenters. The smallest absolute Gasteiger partial charge is 0.168 e. The Bertz CT molecular complexity index is 514. The van der Waals surface area contributed by atoms with Crippen molar-refractivity contribution in [2.24, 2.45) is 5.41 Å². The minimum Gasteiger partial charge on any atom is -0.294 e. The molecule has 0 saturated heterocycles. The van der Waals surface area contributed by atoms with Gasteiger partial charge in [-0.3, -0.25) is 14.4 Å². The minimum absolute atomic E-state index is 0.0567. The molecule has 0 N–H and O–H groups in total. The van der Waals surface area contributed by atoms with Crippen LogP contribution < -0.4 is 0 Å². The molecule has 0 aliphatic carbocycles. The molecule has 1 aromatic carbocycles. The molecule has 0 radical (unpaired) electrons. The van der Waals surface area contributed by atoms with Crippen molar-refractivity contribution in [3.8, 4) is 0 Å². The van der Waals surface area contributed by atoms with E-state index in [1.807, 2.05) is 20.8 Å². The quantitative estimate of drug-likeness (QED) is 0.759. The Balaban J connectivity index is 3.41. The maximum absolute atomic E-state index is 12.4. The average molecular weight is 274 g/mol. The van der Waals surface area contributed by atoms with E-state index >= 15 is 0 Å². The lowest BCUT2D eigenvalue weighted by molar-refractivity contribution is 0.0858. The van der Waals surface area contributed by atoms with E-state index in [9.17, 15) is 14.4 Å². The van der Waals surface area contributed by atoms with Crippen molar-refractivity contribution in [1.82, 2.24) is 0 Å². The zero-order valence-electron chi connectivity index (χ0n) is 12.9. The van der Waals surface area contributed by atoms with Gasteiger partial charge in [0, 0.05) is 34.9 Å². The topological polar surface area (TPSA) is 51.2 Å². The molecule has 0 amide bonds. The summed E-state index contributed by atoms with van der Waals surface area (Å²) < 4.78 is 0. The van der Waals surface area contributed by atoms with E-state index in [1.165, 1.54) is 0 Å². The number of hydrogen-bond acceptors (Lipinski definition) is 3. The third-order valence-corrected chi connectivity index (χ3v) is 3.16.